The summed E-state index contributed by atoms with van der Waals surface area (Å²) in [4.78, 5) is 0. The fraction of sp³-hybridized carbons (Fsp3) is 0.467. The van der Waals surface area contributed by atoms with Gasteiger partial charge in [0.05, 0.1) is 6.04 Å². The molecule has 2 nitrogen and oxygen atoms in total. The van der Waals surface area contributed by atoms with Gasteiger partial charge in [-0.25, -0.2) is 0 Å². The van der Waals surface area contributed by atoms with Crippen molar-refractivity contribution in [1.29, 1.82) is 0 Å². The first kappa shape index (κ1) is 12.2. The molecule has 0 aliphatic carbocycles. The third-order valence-electron chi connectivity index (χ3n) is 3.42. The number of hydrogen-bond acceptors (Lipinski definition) is 2. The molecule has 17 heavy (non-hydrogen) atoms. The Balaban J connectivity index is 2.64. The molecule has 1 aromatic heterocycles. The van der Waals surface area contributed by atoms with Gasteiger partial charge in [0.15, 0.2) is 0 Å². The van der Waals surface area contributed by atoms with Crippen molar-refractivity contribution in [2.45, 2.75) is 40.7 Å². The summed E-state index contributed by atoms with van der Waals surface area (Å²) in [5.41, 5.74) is 4.82. The zero-order chi connectivity index (χ0) is 12.6. The normalized spacial score (nSPS) is 13.2. The van der Waals surface area contributed by atoms with E-state index in [1.54, 1.807) is 0 Å². The van der Waals surface area contributed by atoms with Crippen LogP contribution in [-0.2, 0) is 0 Å². The second-order valence-corrected chi connectivity index (χ2v) is 4.77. The minimum atomic E-state index is 0.270. The molecule has 0 aliphatic heterocycles. The van der Waals surface area contributed by atoms with Crippen molar-refractivity contribution in [2.75, 3.05) is 6.54 Å². The van der Waals surface area contributed by atoms with Gasteiger partial charge in [0.2, 0.25) is 0 Å². The lowest BCUT2D eigenvalue weighted by atomic mass is 10.0. The molecule has 1 atom stereocenters. The summed E-state index contributed by atoms with van der Waals surface area (Å²) in [5, 5.41) is 4.69. The SMILES string of the molecule is CCNC(C)c1oc2c(C)ccc(C)c2c1C. The second kappa shape index (κ2) is 4.53. The molecular formula is C15H21NO. The highest BCUT2D eigenvalue weighted by molar-refractivity contribution is 5.87. The van der Waals surface area contributed by atoms with Crippen LogP contribution in [0.1, 0.15) is 42.3 Å². The van der Waals surface area contributed by atoms with Crippen LogP contribution in [0.5, 0.6) is 0 Å². The van der Waals surface area contributed by atoms with E-state index in [1.807, 2.05) is 0 Å². The molecule has 1 unspecified atom stereocenters. The van der Waals surface area contributed by atoms with Gasteiger partial charge in [-0.1, -0.05) is 19.1 Å². The maximum atomic E-state index is 6.06. The third kappa shape index (κ3) is 1.98. The summed E-state index contributed by atoms with van der Waals surface area (Å²) in [5.74, 6) is 1.07. The monoisotopic (exact) mass is 231 g/mol. The summed E-state index contributed by atoms with van der Waals surface area (Å²) in [6.07, 6.45) is 0. The molecule has 2 heteroatoms. The average Bonchev–Trinajstić information content (AvgIpc) is 2.63. The van der Waals surface area contributed by atoms with Crippen molar-refractivity contribution >= 4 is 11.0 Å². The van der Waals surface area contributed by atoms with Crippen molar-refractivity contribution < 1.29 is 4.42 Å². The molecular weight excluding hydrogens is 210 g/mol. The maximum Gasteiger partial charge on any atom is 0.137 e. The highest BCUT2D eigenvalue weighted by atomic mass is 16.3. The van der Waals surface area contributed by atoms with Crippen molar-refractivity contribution in [3.8, 4) is 0 Å². The Labute approximate surface area is 103 Å². The zero-order valence-electron chi connectivity index (χ0n) is 11.3. The van der Waals surface area contributed by atoms with Gasteiger partial charge in [-0.15, -0.1) is 0 Å². The Morgan fingerprint density at radius 2 is 1.82 bits per heavy atom. The molecule has 0 saturated heterocycles. The summed E-state index contributed by atoms with van der Waals surface area (Å²) >= 11 is 0. The number of aryl methyl sites for hydroxylation is 3. The molecule has 2 aromatic rings. The van der Waals surface area contributed by atoms with Gasteiger partial charge < -0.3 is 9.73 Å². The highest BCUT2D eigenvalue weighted by Gasteiger charge is 2.17. The molecule has 0 fully saturated rings. The Bertz CT molecular complexity index is 539. The first-order valence-corrected chi connectivity index (χ1v) is 6.28. The van der Waals surface area contributed by atoms with Gasteiger partial charge in [0.25, 0.3) is 0 Å². The minimum absolute atomic E-state index is 0.270. The van der Waals surface area contributed by atoms with Crippen LogP contribution in [-0.4, -0.2) is 6.54 Å². The van der Waals surface area contributed by atoms with Crippen molar-refractivity contribution in [2.24, 2.45) is 0 Å². The van der Waals surface area contributed by atoms with Crippen LogP contribution in [0.15, 0.2) is 16.5 Å². The van der Waals surface area contributed by atoms with Crippen molar-refractivity contribution in [3.05, 3.63) is 34.6 Å². The third-order valence-corrected chi connectivity index (χ3v) is 3.42. The molecule has 2 rings (SSSR count). The van der Waals surface area contributed by atoms with Crippen LogP contribution < -0.4 is 5.32 Å². The lowest BCUT2D eigenvalue weighted by molar-refractivity contribution is 0.455. The first-order chi connectivity index (χ1) is 8.06. The van der Waals surface area contributed by atoms with Gasteiger partial charge >= 0.3 is 0 Å². The Hall–Kier alpha value is -1.28. The van der Waals surface area contributed by atoms with Crippen LogP contribution in [0, 0.1) is 20.8 Å². The zero-order valence-corrected chi connectivity index (χ0v) is 11.3. The van der Waals surface area contributed by atoms with Gasteiger partial charge in [-0.05, 0) is 45.4 Å². The molecule has 1 N–H and O–H groups in total. The lowest BCUT2D eigenvalue weighted by Crippen LogP contribution is -2.17. The highest BCUT2D eigenvalue weighted by Crippen LogP contribution is 2.33. The van der Waals surface area contributed by atoms with Gasteiger partial charge in [0, 0.05) is 10.9 Å². The number of benzene rings is 1. The number of hydrogen-bond donors (Lipinski definition) is 1. The van der Waals surface area contributed by atoms with E-state index in [0.29, 0.717) is 0 Å². The summed E-state index contributed by atoms with van der Waals surface area (Å²) < 4.78 is 6.06. The summed E-state index contributed by atoms with van der Waals surface area (Å²) in [6.45, 7) is 11.6. The number of fused-ring (bicyclic) bond motifs is 1. The molecule has 0 saturated carbocycles. The predicted octanol–water partition coefficient (Wildman–Crippen LogP) is 4.03. The van der Waals surface area contributed by atoms with E-state index in [1.165, 1.54) is 22.1 Å². The molecule has 0 radical (unpaired) electrons. The Morgan fingerprint density at radius 3 is 2.41 bits per heavy atom. The number of furan rings is 1. The van der Waals surface area contributed by atoms with E-state index in [9.17, 15) is 0 Å². The lowest BCUT2D eigenvalue weighted by Gasteiger charge is -2.09. The summed E-state index contributed by atoms with van der Waals surface area (Å²) in [6, 6.07) is 4.57. The van der Waals surface area contributed by atoms with E-state index in [4.69, 9.17) is 4.42 Å². The van der Waals surface area contributed by atoms with Crippen LogP contribution in [0.3, 0.4) is 0 Å². The van der Waals surface area contributed by atoms with E-state index in [-0.39, 0.29) is 6.04 Å². The number of nitrogens with one attached hydrogen (secondary N) is 1. The predicted molar refractivity (Wildman–Crippen MR) is 72.5 cm³/mol. The first-order valence-electron chi connectivity index (χ1n) is 6.28. The largest absolute Gasteiger partial charge is 0.459 e. The molecule has 0 amide bonds. The van der Waals surface area contributed by atoms with E-state index >= 15 is 0 Å². The molecule has 0 aliphatic rings. The van der Waals surface area contributed by atoms with Crippen LogP contribution >= 0.6 is 0 Å². The standard InChI is InChI=1S/C15H21NO/c1-6-16-12(5)15-11(4)13-9(2)7-8-10(3)14(13)17-15/h7-8,12,16H,6H2,1-5H3. The molecule has 1 heterocycles. The van der Waals surface area contributed by atoms with Crippen LogP contribution in [0.4, 0.5) is 0 Å². The maximum absolute atomic E-state index is 6.06. The van der Waals surface area contributed by atoms with Crippen LogP contribution in [0.2, 0.25) is 0 Å². The van der Waals surface area contributed by atoms with Crippen molar-refractivity contribution in [1.82, 2.24) is 5.32 Å². The fourth-order valence-electron chi connectivity index (χ4n) is 2.50. The average molecular weight is 231 g/mol. The second-order valence-electron chi connectivity index (χ2n) is 4.77. The van der Waals surface area contributed by atoms with Crippen molar-refractivity contribution in [3.63, 3.8) is 0 Å². The Kier molecular flexibility index (Phi) is 3.25. The summed E-state index contributed by atoms with van der Waals surface area (Å²) in [7, 11) is 0. The van der Waals surface area contributed by atoms with Gasteiger partial charge in [0.1, 0.15) is 11.3 Å². The van der Waals surface area contributed by atoms with E-state index in [2.05, 4.69) is 52.1 Å². The van der Waals surface area contributed by atoms with E-state index < -0.39 is 0 Å². The molecule has 1 aromatic carbocycles. The quantitative estimate of drug-likeness (QED) is 0.862. The molecule has 0 bridgehead atoms. The van der Waals surface area contributed by atoms with E-state index in [0.717, 1.165) is 17.9 Å². The molecule has 0 spiro atoms. The fourth-order valence-corrected chi connectivity index (χ4v) is 2.50. The van der Waals surface area contributed by atoms with Crippen LogP contribution in [0.25, 0.3) is 11.0 Å². The topological polar surface area (TPSA) is 25.2 Å². The van der Waals surface area contributed by atoms with Gasteiger partial charge in [-0.2, -0.15) is 0 Å². The Morgan fingerprint density at radius 1 is 1.18 bits per heavy atom. The van der Waals surface area contributed by atoms with Gasteiger partial charge in [-0.3, -0.25) is 0 Å². The number of rotatable bonds is 3. The minimum Gasteiger partial charge on any atom is -0.459 e. The smallest absolute Gasteiger partial charge is 0.137 e. The molecule has 92 valence electrons.